The lowest BCUT2D eigenvalue weighted by atomic mass is 10.1. The molecule has 5 heteroatoms. The molecular formula is C14H20Cl2N2O. The van der Waals surface area contributed by atoms with Gasteiger partial charge in [-0.3, -0.25) is 4.79 Å². The van der Waals surface area contributed by atoms with Crippen molar-refractivity contribution in [2.75, 3.05) is 0 Å². The first-order valence-corrected chi connectivity index (χ1v) is 7.22. The summed E-state index contributed by atoms with van der Waals surface area (Å²) in [6.45, 7) is 3.97. The van der Waals surface area contributed by atoms with Crippen LogP contribution in [0.5, 0.6) is 0 Å². The molecule has 106 valence electrons. The molecule has 0 heterocycles. The van der Waals surface area contributed by atoms with Gasteiger partial charge in [0.1, 0.15) is 0 Å². The van der Waals surface area contributed by atoms with Crippen molar-refractivity contribution in [2.45, 2.75) is 45.2 Å². The third-order valence-electron chi connectivity index (χ3n) is 3.01. The Morgan fingerprint density at radius 1 is 1.37 bits per heavy atom. The van der Waals surface area contributed by atoms with E-state index in [1.165, 1.54) is 0 Å². The highest BCUT2D eigenvalue weighted by molar-refractivity contribution is 6.42. The van der Waals surface area contributed by atoms with Gasteiger partial charge in [0.25, 0.3) is 0 Å². The molecule has 0 saturated heterocycles. The Morgan fingerprint density at radius 2 is 2.05 bits per heavy atom. The van der Waals surface area contributed by atoms with E-state index in [2.05, 4.69) is 12.2 Å². The molecule has 3 N–H and O–H groups in total. The number of rotatable bonds is 6. The highest BCUT2D eigenvalue weighted by Crippen LogP contribution is 2.25. The number of hydrogen-bond acceptors (Lipinski definition) is 2. The van der Waals surface area contributed by atoms with Gasteiger partial charge in [-0.15, -0.1) is 0 Å². The minimum absolute atomic E-state index is 0.132. The van der Waals surface area contributed by atoms with Crippen LogP contribution in [-0.4, -0.2) is 11.9 Å². The van der Waals surface area contributed by atoms with E-state index in [1.807, 2.05) is 13.0 Å². The molecule has 1 rings (SSSR count). The predicted molar refractivity (Wildman–Crippen MR) is 80.5 cm³/mol. The first-order chi connectivity index (χ1) is 8.95. The second kappa shape index (κ2) is 7.73. The van der Waals surface area contributed by atoms with Crippen molar-refractivity contribution >= 4 is 29.1 Å². The van der Waals surface area contributed by atoms with Gasteiger partial charge >= 0.3 is 0 Å². The van der Waals surface area contributed by atoms with Crippen LogP contribution in [0.25, 0.3) is 0 Å². The number of benzene rings is 1. The molecule has 0 radical (unpaired) electrons. The molecule has 2 unspecified atom stereocenters. The number of nitrogens with one attached hydrogen (secondary N) is 1. The van der Waals surface area contributed by atoms with Crippen molar-refractivity contribution in [3.63, 3.8) is 0 Å². The SMILES string of the molecule is CCCCC(N)C(=O)NC(C)c1ccc(Cl)c(Cl)c1. The van der Waals surface area contributed by atoms with Crippen molar-refractivity contribution in [2.24, 2.45) is 5.73 Å². The number of carbonyl (C=O) groups is 1. The van der Waals surface area contributed by atoms with Crippen molar-refractivity contribution in [1.29, 1.82) is 0 Å². The monoisotopic (exact) mass is 302 g/mol. The average molecular weight is 303 g/mol. The average Bonchev–Trinajstić information content (AvgIpc) is 2.38. The lowest BCUT2D eigenvalue weighted by Crippen LogP contribution is -2.41. The molecule has 2 atom stereocenters. The summed E-state index contributed by atoms with van der Waals surface area (Å²) in [6, 6.07) is 4.72. The summed E-state index contributed by atoms with van der Waals surface area (Å²) < 4.78 is 0. The minimum Gasteiger partial charge on any atom is -0.348 e. The topological polar surface area (TPSA) is 55.1 Å². The summed E-state index contributed by atoms with van der Waals surface area (Å²) in [4.78, 5) is 11.9. The lowest BCUT2D eigenvalue weighted by Gasteiger charge is -2.18. The molecule has 0 bridgehead atoms. The van der Waals surface area contributed by atoms with Gasteiger partial charge in [-0.1, -0.05) is 49.0 Å². The van der Waals surface area contributed by atoms with Crippen LogP contribution >= 0.6 is 23.2 Å². The Labute approximate surface area is 124 Å². The van der Waals surface area contributed by atoms with Crippen molar-refractivity contribution in [3.05, 3.63) is 33.8 Å². The maximum Gasteiger partial charge on any atom is 0.237 e. The normalized spacial score (nSPS) is 13.9. The Hall–Kier alpha value is -0.770. The van der Waals surface area contributed by atoms with Gasteiger partial charge in [-0.2, -0.15) is 0 Å². The number of carbonyl (C=O) groups excluding carboxylic acids is 1. The summed E-state index contributed by atoms with van der Waals surface area (Å²) >= 11 is 11.8. The molecule has 19 heavy (non-hydrogen) atoms. The highest BCUT2D eigenvalue weighted by Gasteiger charge is 2.16. The van der Waals surface area contributed by atoms with Crippen LogP contribution in [0.2, 0.25) is 10.0 Å². The van der Waals surface area contributed by atoms with E-state index < -0.39 is 6.04 Å². The molecule has 0 saturated carbocycles. The lowest BCUT2D eigenvalue weighted by molar-refractivity contribution is -0.123. The number of nitrogens with two attached hydrogens (primary N) is 1. The maximum absolute atomic E-state index is 11.9. The maximum atomic E-state index is 11.9. The summed E-state index contributed by atoms with van der Waals surface area (Å²) in [5.74, 6) is -0.132. The van der Waals surface area contributed by atoms with Gasteiger partial charge in [-0.25, -0.2) is 0 Å². The fourth-order valence-corrected chi connectivity index (χ4v) is 2.05. The van der Waals surface area contributed by atoms with Crippen LogP contribution in [0.15, 0.2) is 18.2 Å². The van der Waals surface area contributed by atoms with E-state index in [9.17, 15) is 4.79 Å². The Balaban J connectivity index is 2.60. The molecule has 0 aliphatic heterocycles. The molecule has 3 nitrogen and oxygen atoms in total. The van der Waals surface area contributed by atoms with E-state index >= 15 is 0 Å². The van der Waals surface area contributed by atoms with Crippen LogP contribution in [0.3, 0.4) is 0 Å². The van der Waals surface area contributed by atoms with Gasteiger partial charge in [0, 0.05) is 0 Å². The standard InChI is InChI=1S/C14H20Cl2N2O/c1-3-4-5-13(17)14(19)18-9(2)10-6-7-11(15)12(16)8-10/h6-9,13H,3-5,17H2,1-2H3,(H,18,19). The van der Waals surface area contributed by atoms with Crippen LogP contribution < -0.4 is 11.1 Å². The fourth-order valence-electron chi connectivity index (χ4n) is 1.74. The molecule has 1 aromatic carbocycles. The van der Waals surface area contributed by atoms with E-state index in [4.69, 9.17) is 28.9 Å². The van der Waals surface area contributed by atoms with E-state index in [0.29, 0.717) is 16.5 Å². The Morgan fingerprint density at radius 3 is 2.63 bits per heavy atom. The highest BCUT2D eigenvalue weighted by atomic mass is 35.5. The van der Waals surface area contributed by atoms with Crippen LogP contribution in [0, 0.1) is 0 Å². The summed E-state index contributed by atoms with van der Waals surface area (Å²) in [7, 11) is 0. The summed E-state index contributed by atoms with van der Waals surface area (Å²) in [5.41, 5.74) is 6.73. The number of hydrogen-bond donors (Lipinski definition) is 2. The molecule has 0 aliphatic rings. The third-order valence-corrected chi connectivity index (χ3v) is 3.75. The third kappa shape index (κ3) is 5.01. The molecule has 0 aromatic heterocycles. The quantitative estimate of drug-likeness (QED) is 0.842. The second-order valence-corrected chi connectivity index (χ2v) is 5.47. The van der Waals surface area contributed by atoms with Crippen molar-refractivity contribution < 1.29 is 4.79 Å². The van der Waals surface area contributed by atoms with Gasteiger partial charge in [0.05, 0.1) is 22.1 Å². The molecule has 0 aliphatic carbocycles. The van der Waals surface area contributed by atoms with Crippen molar-refractivity contribution in [3.8, 4) is 0 Å². The van der Waals surface area contributed by atoms with Crippen LogP contribution in [0.1, 0.15) is 44.7 Å². The number of halogens is 2. The van der Waals surface area contributed by atoms with Gasteiger partial charge in [0.2, 0.25) is 5.91 Å². The minimum atomic E-state index is -0.454. The van der Waals surface area contributed by atoms with E-state index in [0.717, 1.165) is 18.4 Å². The zero-order valence-electron chi connectivity index (χ0n) is 11.2. The second-order valence-electron chi connectivity index (χ2n) is 4.65. The van der Waals surface area contributed by atoms with Gasteiger partial charge in [0.15, 0.2) is 0 Å². The van der Waals surface area contributed by atoms with Crippen LogP contribution in [0.4, 0.5) is 0 Å². The Kier molecular flexibility index (Phi) is 6.63. The van der Waals surface area contributed by atoms with E-state index in [-0.39, 0.29) is 11.9 Å². The molecule has 1 aromatic rings. The van der Waals surface area contributed by atoms with E-state index in [1.54, 1.807) is 12.1 Å². The molecule has 0 fully saturated rings. The summed E-state index contributed by atoms with van der Waals surface area (Å²) in [6.07, 6.45) is 2.69. The van der Waals surface area contributed by atoms with Crippen LogP contribution in [-0.2, 0) is 4.79 Å². The zero-order valence-corrected chi connectivity index (χ0v) is 12.8. The fraction of sp³-hybridized carbons (Fsp3) is 0.500. The molecule has 1 amide bonds. The molecule has 0 spiro atoms. The zero-order chi connectivity index (χ0) is 14.4. The first-order valence-electron chi connectivity index (χ1n) is 6.46. The number of amides is 1. The number of unbranched alkanes of at least 4 members (excludes halogenated alkanes) is 1. The Bertz CT molecular complexity index is 437. The van der Waals surface area contributed by atoms with Gasteiger partial charge < -0.3 is 11.1 Å². The smallest absolute Gasteiger partial charge is 0.237 e. The van der Waals surface area contributed by atoms with Gasteiger partial charge in [-0.05, 0) is 31.0 Å². The molecular weight excluding hydrogens is 283 g/mol. The predicted octanol–water partition coefficient (Wildman–Crippen LogP) is 3.69. The van der Waals surface area contributed by atoms with Crippen molar-refractivity contribution in [1.82, 2.24) is 5.32 Å². The first kappa shape index (κ1) is 16.3. The largest absolute Gasteiger partial charge is 0.348 e. The summed E-state index contributed by atoms with van der Waals surface area (Å²) in [5, 5.41) is 3.87.